The van der Waals surface area contributed by atoms with Gasteiger partial charge in [0.05, 0.1) is 0 Å². The summed E-state index contributed by atoms with van der Waals surface area (Å²) in [5.41, 5.74) is 12.8. The minimum absolute atomic E-state index is 1.10. The Morgan fingerprint density at radius 3 is 0.882 bits per heavy atom. The first-order valence-electron chi connectivity index (χ1n) is 17.4. The van der Waals surface area contributed by atoms with Gasteiger partial charge in [0.1, 0.15) is 0 Å². The van der Waals surface area contributed by atoms with Crippen LogP contribution in [0.15, 0.2) is 224 Å². The van der Waals surface area contributed by atoms with Crippen molar-refractivity contribution in [1.29, 1.82) is 0 Å². The van der Waals surface area contributed by atoms with Gasteiger partial charge in [-0.3, -0.25) is 0 Å². The second kappa shape index (κ2) is 16.6. The molecule has 0 aliphatic carbocycles. The topological polar surface area (TPSA) is 3.24 Å². The first-order valence-corrected chi connectivity index (χ1v) is 17.4. The van der Waals surface area contributed by atoms with Crippen molar-refractivity contribution in [2.45, 2.75) is 0 Å². The fourth-order valence-electron chi connectivity index (χ4n) is 6.19. The number of benzene rings is 7. The summed E-state index contributed by atoms with van der Waals surface area (Å²) in [6, 6.07) is 70.2. The molecule has 0 aliphatic rings. The summed E-state index contributed by atoms with van der Waals surface area (Å²) in [6.45, 7) is 0. The van der Waals surface area contributed by atoms with E-state index in [2.05, 4.69) is 242 Å². The molecule has 7 aromatic rings. The molecule has 0 bridgehead atoms. The quantitative estimate of drug-likeness (QED) is 0.126. The van der Waals surface area contributed by atoms with Crippen molar-refractivity contribution in [3.63, 3.8) is 0 Å². The summed E-state index contributed by atoms with van der Waals surface area (Å²) in [6.07, 6.45) is 13.0. The molecular formula is C50H39N. The third-order valence-corrected chi connectivity index (χ3v) is 8.76. The lowest BCUT2D eigenvalue weighted by atomic mass is 9.97. The van der Waals surface area contributed by atoms with Crippen molar-refractivity contribution in [2.75, 3.05) is 4.90 Å². The molecule has 0 N–H and O–H groups in total. The molecule has 51 heavy (non-hydrogen) atoms. The van der Waals surface area contributed by atoms with Gasteiger partial charge >= 0.3 is 0 Å². The molecule has 0 radical (unpaired) electrons. The zero-order valence-electron chi connectivity index (χ0n) is 28.5. The molecule has 0 atom stereocenters. The van der Waals surface area contributed by atoms with E-state index in [1.165, 1.54) is 33.4 Å². The molecule has 0 amide bonds. The van der Waals surface area contributed by atoms with E-state index in [4.69, 9.17) is 0 Å². The van der Waals surface area contributed by atoms with Gasteiger partial charge < -0.3 is 4.90 Å². The molecule has 0 aliphatic heterocycles. The highest BCUT2D eigenvalue weighted by atomic mass is 15.1. The predicted octanol–water partition coefficient (Wildman–Crippen LogP) is 13.4. The molecule has 0 saturated carbocycles. The van der Waals surface area contributed by atoms with Crippen LogP contribution in [0.1, 0.15) is 33.4 Å². The summed E-state index contributed by atoms with van der Waals surface area (Å²) >= 11 is 0. The zero-order valence-corrected chi connectivity index (χ0v) is 28.5. The Morgan fingerprint density at radius 2 is 0.569 bits per heavy atom. The third kappa shape index (κ3) is 8.48. The lowest BCUT2D eigenvalue weighted by Gasteiger charge is -2.25. The van der Waals surface area contributed by atoms with Gasteiger partial charge in [0.25, 0.3) is 0 Å². The molecule has 7 aromatic carbocycles. The predicted molar refractivity (Wildman–Crippen MR) is 219 cm³/mol. The van der Waals surface area contributed by atoms with Crippen molar-refractivity contribution >= 4 is 40.4 Å². The number of para-hydroxylation sites is 1. The van der Waals surface area contributed by atoms with Crippen LogP contribution in [0.25, 0.3) is 23.3 Å². The molecule has 244 valence electrons. The molecule has 0 unspecified atom stereocenters. The van der Waals surface area contributed by atoms with Crippen LogP contribution in [0.2, 0.25) is 0 Å². The van der Waals surface area contributed by atoms with Crippen LogP contribution >= 0.6 is 0 Å². The van der Waals surface area contributed by atoms with Crippen molar-refractivity contribution in [3.05, 3.63) is 258 Å². The van der Waals surface area contributed by atoms with Gasteiger partial charge in [-0.1, -0.05) is 200 Å². The van der Waals surface area contributed by atoms with Gasteiger partial charge in [0.15, 0.2) is 0 Å². The van der Waals surface area contributed by atoms with E-state index in [0.717, 1.165) is 28.2 Å². The Morgan fingerprint density at radius 1 is 0.294 bits per heavy atom. The molecule has 1 heteroatoms. The summed E-state index contributed by atoms with van der Waals surface area (Å²) in [5.74, 6) is 0. The smallest absolute Gasteiger partial charge is 0.0462 e. The number of allylic oxidation sites excluding steroid dienone is 4. The van der Waals surface area contributed by atoms with Crippen LogP contribution in [0.4, 0.5) is 17.1 Å². The molecular weight excluding hydrogens is 615 g/mol. The maximum Gasteiger partial charge on any atom is 0.0462 e. The van der Waals surface area contributed by atoms with E-state index >= 15 is 0 Å². The van der Waals surface area contributed by atoms with Crippen molar-refractivity contribution in [3.8, 4) is 0 Å². The largest absolute Gasteiger partial charge is 0.311 e. The van der Waals surface area contributed by atoms with Crippen LogP contribution in [0, 0.1) is 0 Å². The Kier molecular flexibility index (Phi) is 10.7. The summed E-state index contributed by atoms with van der Waals surface area (Å²) in [7, 11) is 0. The third-order valence-electron chi connectivity index (χ3n) is 8.76. The van der Waals surface area contributed by atoms with Gasteiger partial charge in [0.2, 0.25) is 0 Å². The van der Waals surface area contributed by atoms with E-state index in [0.29, 0.717) is 0 Å². The van der Waals surface area contributed by atoms with E-state index in [-0.39, 0.29) is 0 Å². The first kappa shape index (κ1) is 32.8. The number of anilines is 3. The van der Waals surface area contributed by atoms with Gasteiger partial charge in [-0.15, -0.1) is 0 Å². The number of hydrogen-bond acceptors (Lipinski definition) is 1. The normalized spacial score (nSPS) is 11.0. The highest BCUT2D eigenvalue weighted by Crippen LogP contribution is 2.35. The lowest BCUT2D eigenvalue weighted by Crippen LogP contribution is -2.09. The Bertz CT molecular complexity index is 2000. The highest BCUT2D eigenvalue weighted by Gasteiger charge is 2.12. The molecule has 0 fully saturated rings. The first-order chi connectivity index (χ1) is 25.3. The van der Waals surface area contributed by atoms with Gasteiger partial charge in [-0.05, 0) is 80.9 Å². The molecule has 0 aromatic heterocycles. The van der Waals surface area contributed by atoms with Crippen molar-refractivity contribution < 1.29 is 0 Å². The number of hydrogen-bond donors (Lipinski definition) is 0. The maximum absolute atomic E-state index is 2.30. The molecule has 7 rings (SSSR count). The van der Waals surface area contributed by atoms with Crippen LogP contribution in [-0.2, 0) is 0 Å². The fourth-order valence-corrected chi connectivity index (χ4v) is 6.19. The van der Waals surface area contributed by atoms with Gasteiger partial charge in [-0.2, -0.15) is 0 Å². The Labute approximate surface area is 302 Å². The molecule has 1 nitrogen and oxygen atoms in total. The Hall–Kier alpha value is -6.70. The average molecular weight is 654 g/mol. The van der Waals surface area contributed by atoms with E-state index in [9.17, 15) is 0 Å². The van der Waals surface area contributed by atoms with Crippen molar-refractivity contribution in [1.82, 2.24) is 0 Å². The minimum atomic E-state index is 1.10. The van der Waals surface area contributed by atoms with Gasteiger partial charge in [-0.25, -0.2) is 0 Å². The fraction of sp³-hybridized carbons (Fsp3) is 0. The van der Waals surface area contributed by atoms with Crippen molar-refractivity contribution in [2.24, 2.45) is 0 Å². The summed E-state index contributed by atoms with van der Waals surface area (Å²) < 4.78 is 0. The highest BCUT2D eigenvalue weighted by molar-refractivity contribution is 5.83. The Balaban J connectivity index is 1.12. The maximum atomic E-state index is 2.30. The van der Waals surface area contributed by atoms with Crippen LogP contribution in [-0.4, -0.2) is 0 Å². The molecule has 0 spiro atoms. The van der Waals surface area contributed by atoms with Crippen LogP contribution in [0.3, 0.4) is 0 Å². The average Bonchev–Trinajstić information content (AvgIpc) is 3.21. The van der Waals surface area contributed by atoms with Gasteiger partial charge in [0, 0.05) is 17.1 Å². The second-order valence-electron chi connectivity index (χ2n) is 12.2. The van der Waals surface area contributed by atoms with Crippen LogP contribution in [0.5, 0.6) is 0 Å². The van der Waals surface area contributed by atoms with E-state index in [1.54, 1.807) is 0 Å². The molecule has 0 heterocycles. The minimum Gasteiger partial charge on any atom is -0.311 e. The number of nitrogens with zero attached hydrogens (tertiary/aromatic N) is 1. The lowest BCUT2D eigenvalue weighted by molar-refractivity contribution is 1.28. The van der Waals surface area contributed by atoms with Crippen LogP contribution < -0.4 is 4.90 Å². The van der Waals surface area contributed by atoms with E-state index < -0.39 is 0 Å². The summed E-state index contributed by atoms with van der Waals surface area (Å²) in [5, 5.41) is 0. The summed E-state index contributed by atoms with van der Waals surface area (Å²) in [4.78, 5) is 2.30. The second-order valence-corrected chi connectivity index (χ2v) is 12.2. The number of rotatable bonds is 11. The standard InChI is InChI=1S/C50H39N/c1-6-20-42(21-7-1)49(43-22-8-2-9-23-43)30-16-18-40-32-36-47(37-33-40)51(46-28-14-5-15-29-46)48-38-34-41(35-39-48)19-17-31-50(44-24-10-3-11-25-44)45-26-12-4-13-27-45/h1-39H/b18-16+,19-17+. The van der Waals surface area contributed by atoms with E-state index in [1.807, 2.05) is 0 Å². The monoisotopic (exact) mass is 653 g/mol. The zero-order chi connectivity index (χ0) is 34.5. The molecule has 0 saturated heterocycles. The SMILES string of the molecule is C(/C=C/c1ccc(N(c2ccccc2)c2ccc(/C=C/C=C(c3ccccc3)c3ccccc3)cc2)cc1)=C(c1ccccc1)c1ccccc1.